The Morgan fingerprint density at radius 3 is 2.26 bits per heavy atom. The van der Waals surface area contributed by atoms with Crippen molar-refractivity contribution >= 4 is 5.69 Å². The number of piperazine rings is 1. The van der Waals surface area contributed by atoms with Crippen LogP contribution in [0.3, 0.4) is 0 Å². The number of methoxy groups -OCH3 is 1. The number of benzene rings is 2. The van der Waals surface area contributed by atoms with Crippen LogP contribution in [0.5, 0.6) is 5.75 Å². The topological polar surface area (TPSA) is 39.5 Å². The molecule has 0 radical (unpaired) electrons. The lowest BCUT2D eigenvalue weighted by molar-refractivity contribution is 0.218. The van der Waals surface area contributed by atoms with Crippen LogP contribution < -0.4 is 9.64 Å². The summed E-state index contributed by atoms with van der Waals surface area (Å²) < 4.78 is 5.42. The average Bonchev–Trinajstić information content (AvgIpc) is 2.64. The normalized spacial score (nSPS) is 16.6. The summed E-state index contributed by atoms with van der Waals surface area (Å²) in [4.78, 5) is 4.60. The van der Waals surface area contributed by atoms with E-state index in [1.165, 1.54) is 5.69 Å². The van der Waals surface area contributed by atoms with Gasteiger partial charge in [0.15, 0.2) is 0 Å². The lowest BCUT2D eigenvalue weighted by Crippen LogP contribution is -2.47. The van der Waals surface area contributed by atoms with Gasteiger partial charge in [-0.25, -0.2) is 0 Å². The Labute approximate surface area is 137 Å². The molecule has 4 nitrogen and oxygen atoms in total. The lowest BCUT2D eigenvalue weighted by atomic mass is 10.0. The number of nitrogens with zero attached hydrogens (tertiary/aromatic N) is 3. The lowest BCUT2D eigenvalue weighted by Gasteiger charge is -2.38. The first kappa shape index (κ1) is 15.4. The van der Waals surface area contributed by atoms with Gasteiger partial charge in [-0.1, -0.05) is 36.4 Å². The highest BCUT2D eigenvalue weighted by Crippen LogP contribution is 2.30. The Morgan fingerprint density at radius 1 is 0.957 bits per heavy atom. The van der Waals surface area contributed by atoms with Gasteiger partial charge in [0.05, 0.1) is 13.2 Å². The van der Waals surface area contributed by atoms with Crippen LogP contribution in [0, 0.1) is 11.3 Å². The van der Waals surface area contributed by atoms with Gasteiger partial charge in [0.1, 0.15) is 11.8 Å². The van der Waals surface area contributed by atoms with E-state index < -0.39 is 0 Å². The standard InChI is InChI=1S/C19H21N3O/c1-23-19-10-6-5-9-17(19)18(15-20)22-13-11-21(12-14-22)16-7-3-2-4-8-16/h2-10,18H,11-14H2,1H3. The maximum Gasteiger partial charge on any atom is 0.127 e. The molecule has 1 saturated heterocycles. The number of anilines is 1. The van der Waals surface area contributed by atoms with Crippen molar-refractivity contribution in [3.63, 3.8) is 0 Å². The van der Waals surface area contributed by atoms with Crippen LogP contribution in [0.25, 0.3) is 0 Å². The first-order valence-electron chi connectivity index (χ1n) is 7.90. The number of ether oxygens (including phenoxy) is 1. The molecule has 1 aliphatic heterocycles. The maximum atomic E-state index is 9.67. The van der Waals surface area contributed by atoms with Crippen molar-refractivity contribution in [2.45, 2.75) is 6.04 Å². The fourth-order valence-corrected chi connectivity index (χ4v) is 3.12. The van der Waals surface area contributed by atoms with E-state index in [0.717, 1.165) is 37.5 Å². The number of para-hydroxylation sites is 2. The smallest absolute Gasteiger partial charge is 0.127 e. The van der Waals surface area contributed by atoms with Crippen LogP contribution in [0.4, 0.5) is 5.69 Å². The van der Waals surface area contributed by atoms with Gasteiger partial charge in [-0.2, -0.15) is 5.26 Å². The van der Waals surface area contributed by atoms with E-state index in [0.29, 0.717) is 0 Å². The van der Waals surface area contributed by atoms with Crippen molar-refractivity contribution in [2.24, 2.45) is 0 Å². The Hall–Kier alpha value is -2.51. The molecule has 0 N–H and O–H groups in total. The zero-order chi connectivity index (χ0) is 16.1. The van der Waals surface area contributed by atoms with E-state index in [2.05, 4.69) is 40.1 Å². The summed E-state index contributed by atoms with van der Waals surface area (Å²) in [5.41, 5.74) is 2.20. The molecular weight excluding hydrogens is 286 g/mol. The number of nitriles is 1. The van der Waals surface area contributed by atoms with Crippen LogP contribution in [-0.4, -0.2) is 38.2 Å². The SMILES string of the molecule is COc1ccccc1C(C#N)N1CCN(c2ccccc2)CC1. The first-order chi connectivity index (χ1) is 11.3. The van der Waals surface area contributed by atoms with Crippen molar-refractivity contribution in [3.8, 4) is 11.8 Å². The molecule has 118 valence electrons. The molecule has 1 aliphatic rings. The van der Waals surface area contributed by atoms with Gasteiger partial charge in [0, 0.05) is 37.4 Å². The summed E-state index contributed by atoms with van der Waals surface area (Å²) in [6, 6.07) is 20.4. The molecule has 1 unspecified atom stereocenters. The highest BCUT2D eigenvalue weighted by molar-refractivity contribution is 5.46. The monoisotopic (exact) mass is 307 g/mol. The molecule has 3 rings (SSSR count). The van der Waals surface area contributed by atoms with Gasteiger partial charge in [0.25, 0.3) is 0 Å². The van der Waals surface area contributed by atoms with E-state index in [9.17, 15) is 5.26 Å². The zero-order valence-electron chi connectivity index (χ0n) is 13.4. The largest absolute Gasteiger partial charge is 0.496 e. The Morgan fingerprint density at radius 2 is 1.61 bits per heavy atom. The maximum absolute atomic E-state index is 9.67. The summed E-state index contributed by atoms with van der Waals surface area (Å²) in [5, 5.41) is 9.67. The summed E-state index contributed by atoms with van der Waals surface area (Å²) >= 11 is 0. The molecule has 1 atom stereocenters. The molecule has 2 aromatic rings. The number of hydrogen-bond donors (Lipinski definition) is 0. The molecule has 0 bridgehead atoms. The van der Waals surface area contributed by atoms with Gasteiger partial charge in [-0.05, 0) is 18.2 Å². The molecule has 0 aliphatic carbocycles. The van der Waals surface area contributed by atoms with Crippen molar-refractivity contribution in [1.29, 1.82) is 5.26 Å². The third kappa shape index (κ3) is 3.30. The van der Waals surface area contributed by atoms with E-state index in [-0.39, 0.29) is 6.04 Å². The minimum atomic E-state index is -0.260. The first-order valence-corrected chi connectivity index (χ1v) is 7.90. The molecule has 4 heteroatoms. The molecule has 1 fully saturated rings. The average molecular weight is 307 g/mol. The van der Waals surface area contributed by atoms with Crippen molar-refractivity contribution in [3.05, 3.63) is 60.2 Å². The van der Waals surface area contributed by atoms with Crippen LogP contribution in [0.2, 0.25) is 0 Å². The predicted octanol–water partition coefficient (Wildman–Crippen LogP) is 3.08. The minimum Gasteiger partial charge on any atom is -0.496 e. The number of hydrogen-bond acceptors (Lipinski definition) is 4. The molecule has 0 aromatic heterocycles. The molecule has 2 aromatic carbocycles. The third-order valence-electron chi connectivity index (χ3n) is 4.36. The van der Waals surface area contributed by atoms with Crippen LogP contribution in [0.15, 0.2) is 54.6 Å². The van der Waals surface area contributed by atoms with Crippen LogP contribution in [-0.2, 0) is 0 Å². The molecule has 1 heterocycles. The summed E-state index contributed by atoms with van der Waals surface area (Å²) in [6.45, 7) is 3.59. The van der Waals surface area contributed by atoms with E-state index in [4.69, 9.17) is 4.74 Å². The Kier molecular flexibility index (Phi) is 4.80. The highest BCUT2D eigenvalue weighted by atomic mass is 16.5. The van der Waals surface area contributed by atoms with E-state index >= 15 is 0 Å². The van der Waals surface area contributed by atoms with Crippen LogP contribution in [0.1, 0.15) is 11.6 Å². The minimum absolute atomic E-state index is 0.260. The molecule has 0 spiro atoms. The molecule has 23 heavy (non-hydrogen) atoms. The summed E-state index contributed by atoms with van der Waals surface area (Å²) in [5.74, 6) is 0.782. The highest BCUT2D eigenvalue weighted by Gasteiger charge is 2.26. The van der Waals surface area contributed by atoms with Crippen molar-refractivity contribution < 1.29 is 4.74 Å². The van der Waals surface area contributed by atoms with Gasteiger partial charge >= 0.3 is 0 Å². The van der Waals surface area contributed by atoms with Gasteiger partial charge in [0.2, 0.25) is 0 Å². The molecule has 0 saturated carbocycles. The van der Waals surface area contributed by atoms with Crippen molar-refractivity contribution in [1.82, 2.24) is 4.90 Å². The summed E-state index contributed by atoms with van der Waals surface area (Å²) in [7, 11) is 1.65. The van der Waals surface area contributed by atoms with E-state index in [1.54, 1.807) is 7.11 Å². The van der Waals surface area contributed by atoms with Crippen LogP contribution >= 0.6 is 0 Å². The Bertz CT molecular complexity index is 673. The molecule has 0 amide bonds. The predicted molar refractivity (Wildman–Crippen MR) is 91.6 cm³/mol. The quantitative estimate of drug-likeness (QED) is 0.870. The summed E-state index contributed by atoms with van der Waals surface area (Å²) in [6.07, 6.45) is 0. The second kappa shape index (κ2) is 7.17. The van der Waals surface area contributed by atoms with Crippen molar-refractivity contribution in [2.75, 3.05) is 38.2 Å². The number of rotatable bonds is 4. The fraction of sp³-hybridized carbons (Fsp3) is 0.316. The third-order valence-corrected chi connectivity index (χ3v) is 4.36. The van der Waals surface area contributed by atoms with Gasteiger partial charge in [-0.15, -0.1) is 0 Å². The second-order valence-corrected chi connectivity index (χ2v) is 5.63. The van der Waals surface area contributed by atoms with Gasteiger partial charge in [-0.3, -0.25) is 4.90 Å². The fourth-order valence-electron chi connectivity index (χ4n) is 3.12. The van der Waals surface area contributed by atoms with E-state index in [1.807, 2.05) is 30.3 Å². The van der Waals surface area contributed by atoms with Gasteiger partial charge < -0.3 is 9.64 Å². The molecular formula is C19H21N3O. The zero-order valence-corrected chi connectivity index (χ0v) is 13.4. The Balaban J connectivity index is 1.72. The second-order valence-electron chi connectivity index (χ2n) is 5.63.